The summed E-state index contributed by atoms with van der Waals surface area (Å²) in [4.78, 5) is 32.3. The van der Waals surface area contributed by atoms with Gasteiger partial charge in [0, 0.05) is 36.1 Å². The molecule has 8 fully saturated rings. The number of ketones is 2. The maximum Gasteiger partial charge on any atom is 0.139 e. The molecular weight excluding hydrogens is 498 g/mol. The second-order valence-electron chi connectivity index (χ2n) is 14.1. The second kappa shape index (κ2) is 9.07. The van der Waals surface area contributed by atoms with Crippen molar-refractivity contribution in [1.82, 2.24) is 4.98 Å². The highest BCUT2D eigenvalue weighted by molar-refractivity contribution is 8.93. The van der Waals surface area contributed by atoms with Gasteiger partial charge in [-0.2, -0.15) is 0 Å². The molecule has 35 heavy (non-hydrogen) atoms. The summed E-state index contributed by atoms with van der Waals surface area (Å²) in [7, 11) is 0. The molecule has 8 aliphatic carbocycles. The highest BCUT2D eigenvalue weighted by Crippen LogP contribution is 2.62. The standard InChI is InChI=1S/C31H41NO2.BrH/c33-28(30-13-22-5-23(14-30)7-24(6-22)15-30)11-21(4-20-2-1-3-32-19-20)12-29(34)31-16-25-8-26(17-31)10-27(9-25)18-31;/h1-3,19,21-27H,4-18H2;1H. The van der Waals surface area contributed by atoms with Crippen LogP contribution in [0.1, 0.15) is 95.5 Å². The first-order valence-corrected chi connectivity index (χ1v) is 14.4. The number of aromatic nitrogens is 1. The van der Waals surface area contributed by atoms with Gasteiger partial charge >= 0.3 is 0 Å². The molecule has 0 unspecified atom stereocenters. The Kier molecular flexibility index (Phi) is 6.30. The monoisotopic (exact) mass is 539 g/mol. The largest absolute Gasteiger partial charge is 0.299 e. The van der Waals surface area contributed by atoms with Crippen molar-refractivity contribution in [2.45, 2.75) is 96.3 Å². The van der Waals surface area contributed by atoms with E-state index < -0.39 is 0 Å². The van der Waals surface area contributed by atoms with E-state index in [1.807, 2.05) is 18.5 Å². The fraction of sp³-hybridized carbons (Fsp3) is 0.774. The highest BCUT2D eigenvalue weighted by Gasteiger charge is 2.56. The van der Waals surface area contributed by atoms with Crippen LogP contribution in [0.2, 0.25) is 0 Å². The van der Waals surface area contributed by atoms with Crippen LogP contribution in [-0.4, -0.2) is 16.6 Å². The van der Waals surface area contributed by atoms with Crippen molar-refractivity contribution < 1.29 is 9.59 Å². The van der Waals surface area contributed by atoms with Gasteiger partial charge in [0.25, 0.3) is 0 Å². The van der Waals surface area contributed by atoms with Crippen molar-refractivity contribution in [3.05, 3.63) is 30.1 Å². The number of nitrogens with zero attached hydrogens (tertiary/aromatic N) is 1. The molecule has 1 aromatic rings. The molecule has 4 heteroatoms. The summed E-state index contributed by atoms with van der Waals surface area (Å²) in [6, 6.07) is 4.12. The molecule has 0 atom stereocenters. The molecule has 8 saturated carbocycles. The zero-order chi connectivity index (χ0) is 22.9. The van der Waals surface area contributed by atoms with E-state index in [1.165, 1.54) is 44.1 Å². The number of carbonyl (C=O) groups is 2. The molecule has 0 amide bonds. The Morgan fingerprint density at radius 1 is 0.743 bits per heavy atom. The Labute approximate surface area is 221 Å². The van der Waals surface area contributed by atoms with Crippen LogP contribution in [0.15, 0.2) is 24.5 Å². The topological polar surface area (TPSA) is 47.0 Å². The van der Waals surface area contributed by atoms with Crippen LogP contribution in [0.3, 0.4) is 0 Å². The molecule has 0 aromatic carbocycles. The average Bonchev–Trinajstić information content (AvgIpc) is 2.78. The first-order chi connectivity index (χ1) is 16.5. The summed E-state index contributed by atoms with van der Waals surface area (Å²) in [5, 5.41) is 0. The van der Waals surface area contributed by atoms with Crippen molar-refractivity contribution in [3.63, 3.8) is 0 Å². The van der Waals surface area contributed by atoms with Gasteiger partial charge in [-0.3, -0.25) is 14.6 Å². The minimum Gasteiger partial charge on any atom is -0.299 e. The Morgan fingerprint density at radius 3 is 1.49 bits per heavy atom. The molecule has 190 valence electrons. The van der Waals surface area contributed by atoms with E-state index in [0.29, 0.717) is 24.4 Å². The fourth-order valence-corrected chi connectivity index (χ4v) is 10.9. The number of pyridine rings is 1. The van der Waals surface area contributed by atoms with Crippen molar-refractivity contribution in [3.8, 4) is 0 Å². The lowest BCUT2D eigenvalue weighted by molar-refractivity contribution is -0.147. The van der Waals surface area contributed by atoms with Gasteiger partial charge in [-0.05, 0) is 137 Å². The van der Waals surface area contributed by atoms with E-state index in [9.17, 15) is 9.59 Å². The first-order valence-electron chi connectivity index (χ1n) is 14.4. The molecule has 8 aliphatic rings. The minimum absolute atomic E-state index is 0. The van der Waals surface area contributed by atoms with E-state index in [0.717, 1.165) is 80.5 Å². The van der Waals surface area contributed by atoms with Crippen molar-refractivity contribution >= 4 is 28.5 Å². The van der Waals surface area contributed by atoms with Gasteiger partial charge in [-0.15, -0.1) is 17.0 Å². The Bertz CT molecular complexity index is 843. The van der Waals surface area contributed by atoms with Gasteiger partial charge in [0.2, 0.25) is 0 Å². The third kappa shape index (κ3) is 4.38. The molecular formula is C31H42BrNO2. The lowest BCUT2D eigenvalue weighted by Gasteiger charge is -2.56. The normalized spacial score (nSPS) is 43.1. The Hall–Kier alpha value is -1.03. The van der Waals surface area contributed by atoms with Gasteiger partial charge in [0.05, 0.1) is 0 Å². The van der Waals surface area contributed by atoms with E-state index >= 15 is 0 Å². The maximum absolute atomic E-state index is 14.0. The quantitative estimate of drug-likeness (QED) is 0.351. The van der Waals surface area contributed by atoms with Crippen molar-refractivity contribution in [2.24, 2.45) is 52.3 Å². The summed E-state index contributed by atoms with van der Waals surface area (Å²) in [5.41, 5.74) is 1.08. The summed E-state index contributed by atoms with van der Waals surface area (Å²) in [6.07, 6.45) is 20.9. The van der Waals surface area contributed by atoms with Crippen molar-refractivity contribution in [2.75, 3.05) is 0 Å². The number of hydrogen-bond acceptors (Lipinski definition) is 3. The Balaban J connectivity index is 0.00000229. The molecule has 8 bridgehead atoms. The number of rotatable bonds is 8. The van der Waals surface area contributed by atoms with Gasteiger partial charge in [0.15, 0.2) is 0 Å². The average molecular weight is 541 g/mol. The van der Waals surface area contributed by atoms with Crippen molar-refractivity contribution in [1.29, 1.82) is 0 Å². The molecule has 0 aliphatic heterocycles. The van der Waals surface area contributed by atoms with Crippen LogP contribution in [0, 0.1) is 52.3 Å². The highest BCUT2D eigenvalue weighted by atomic mass is 79.9. The molecule has 3 nitrogen and oxygen atoms in total. The fourth-order valence-electron chi connectivity index (χ4n) is 10.9. The predicted molar refractivity (Wildman–Crippen MR) is 142 cm³/mol. The molecule has 0 N–H and O–H groups in total. The van der Waals surface area contributed by atoms with Gasteiger partial charge in [0.1, 0.15) is 11.6 Å². The first kappa shape index (κ1) is 24.3. The zero-order valence-corrected chi connectivity index (χ0v) is 22.8. The van der Waals surface area contributed by atoms with Gasteiger partial charge in [-0.1, -0.05) is 6.07 Å². The van der Waals surface area contributed by atoms with Gasteiger partial charge < -0.3 is 0 Å². The molecule has 9 rings (SSSR count). The second-order valence-corrected chi connectivity index (χ2v) is 14.1. The predicted octanol–water partition coefficient (Wildman–Crippen LogP) is 7.17. The van der Waals surface area contributed by atoms with E-state index in [4.69, 9.17) is 0 Å². The molecule has 0 spiro atoms. The summed E-state index contributed by atoms with van der Waals surface area (Å²) in [6.45, 7) is 0. The lowest BCUT2D eigenvalue weighted by Crippen LogP contribution is -2.51. The van der Waals surface area contributed by atoms with Crippen LogP contribution in [-0.2, 0) is 16.0 Å². The third-order valence-corrected chi connectivity index (χ3v) is 11.5. The van der Waals surface area contributed by atoms with E-state index in [2.05, 4.69) is 11.1 Å². The minimum atomic E-state index is -0.0499. The number of halogens is 1. The SMILES string of the molecule is Br.O=C(CC(CC(=O)C12CC3CC(CC(C3)C1)C2)Cc1cccnc1)C12CC3CC(CC(C3)C1)C2. The van der Waals surface area contributed by atoms with E-state index in [1.54, 1.807) is 0 Å². The van der Waals surface area contributed by atoms with Crippen LogP contribution in [0.25, 0.3) is 0 Å². The third-order valence-electron chi connectivity index (χ3n) is 11.5. The molecule has 1 heterocycles. The smallest absolute Gasteiger partial charge is 0.139 e. The maximum atomic E-state index is 14.0. The number of hydrogen-bond donors (Lipinski definition) is 0. The zero-order valence-electron chi connectivity index (χ0n) is 21.1. The molecule has 0 saturated heterocycles. The van der Waals surface area contributed by atoms with E-state index in [-0.39, 0.29) is 33.7 Å². The van der Waals surface area contributed by atoms with Crippen LogP contribution in [0.5, 0.6) is 0 Å². The molecule has 0 radical (unpaired) electrons. The summed E-state index contributed by atoms with van der Waals surface area (Å²) < 4.78 is 0. The van der Waals surface area contributed by atoms with Crippen LogP contribution in [0.4, 0.5) is 0 Å². The molecule has 1 aromatic heterocycles. The van der Waals surface area contributed by atoms with Crippen LogP contribution >= 0.6 is 17.0 Å². The summed E-state index contributed by atoms with van der Waals surface area (Å²) >= 11 is 0. The number of carbonyl (C=O) groups excluding carboxylic acids is 2. The van der Waals surface area contributed by atoms with Crippen LogP contribution < -0.4 is 0 Å². The van der Waals surface area contributed by atoms with Gasteiger partial charge in [-0.25, -0.2) is 0 Å². The summed E-state index contributed by atoms with van der Waals surface area (Å²) in [5.74, 6) is 5.92. The lowest BCUT2D eigenvalue weighted by atomic mass is 9.47. The number of Topliss-reactive ketones (excluding diaryl/α,β-unsaturated/α-hetero) is 2. The Morgan fingerprint density at radius 2 is 1.14 bits per heavy atom.